The number of benzene rings is 4. The maximum atomic E-state index is 11.2. The Hall–Kier alpha value is -4.65. The van der Waals surface area contributed by atoms with Crippen molar-refractivity contribution in [3.05, 3.63) is 89.5 Å². The summed E-state index contributed by atoms with van der Waals surface area (Å²) in [6, 6.07) is 20.7. The molecule has 184 valence electrons. The quantitative estimate of drug-likeness (QED) is 0.279. The van der Waals surface area contributed by atoms with E-state index in [1.54, 1.807) is 30.3 Å². The molecule has 0 aliphatic carbocycles. The number of aryl methyl sites for hydroxylation is 1. The van der Waals surface area contributed by atoms with Gasteiger partial charge in [-0.1, -0.05) is 48.0 Å². The minimum absolute atomic E-state index is 0.0895. The molecule has 0 fully saturated rings. The number of phenolic OH excluding ortho intramolecular Hbond substituents is 2. The fraction of sp³-hybridized carbons (Fsp3) is 0.138. The van der Waals surface area contributed by atoms with Gasteiger partial charge in [-0.05, 0) is 53.9 Å². The molecule has 0 aliphatic heterocycles. The van der Waals surface area contributed by atoms with Gasteiger partial charge in [-0.15, -0.1) is 0 Å². The predicted molar refractivity (Wildman–Crippen MR) is 136 cm³/mol. The van der Waals surface area contributed by atoms with E-state index < -0.39 is 5.97 Å². The van der Waals surface area contributed by atoms with Crippen molar-refractivity contribution < 1.29 is 34.3 Å². The number of rotatable bonds is 8. The summed E-state index contributed by atoms with van der Waals surface area (Å²) in [6.07, 6.45) is 0. The fourth-order valence-corrected chi connectivity index (χ4v) is 3.92. The molecule has 4 aromatic rings. The average Bonchev–Trinajstić information content (AvgIpc) is 2.88. The maximum absolute atomic E-state index is 11.2. The number of hydrogen-bond donors (Lipinski definition) is 3. The molecule has 7 nitrogen and oxygen atoms in total. The highest BCUT2D eigenvalue weighted by Crippen LogP contribution is 2.50. The minimum Gasteiger partial charge on any atom is -0.504 e. The SMILES string of the molecule is COc1cc(-c2ccc(C(=O)O)cc2)c(OC)c(O)c1-c1ccc(OCc2ccc(C)cc2)c(O)c1. The molecule has 4 rings (SSSR count). The third-order valence-corrected chi connectivity index (χ3v) is 5.85. The zero-order valence-electron chi connectivity index (χ0n) is 20.1. The van der Waals surface area contributed by atoms with Gasteiger partial charge in [0.25, 0.3) is 0 Å². The molecule has 0 saturated carbocycles. The summed E-state index contributed by atoms with van der Waals surface area (Å²) in [5, 5.41) is 31.0. The van der Waals surface area contributed by atoms with E-state index in [1.807, 2.05) is 31.2 Å². The molecule has 4 aromatic carbocycles. The van der Waals surface area contributed by atoms with Crippen LogP contribution < -0.4 is 14.2 Å². The van der Waals surface area contributed by atoms with Crippen LogP contribution in [0, 0.1) is 6.92 Å². The number of ether oxygens (including phenoxy) is 3. The Morgan fingerprint density at radius 2 is 1.47 bits per heavy atom. The molecule has 7 heteroatoms. The van der Waals surface area contributed by atoms with Crippen molar-refractivity contribution in [2.45, 2.75) is 13.5 Å². The van der Waals surface area contributed by atoms with Crippen LogP contribution in [0.1, 0.15) is 21.5 Å². The molecular formula is C29H26O7. The molecule has 0 radical (unpaired) electrons. The molecule has 0 heterocycles. The number of hydrogen-bond acceptors (Lipinski definition) is 6. The average molecular weight is 487 g/mol. The van der Waals surface area contributed by atoms with E-state index in [2.05, 4.69) is 0 Å². The van der Waals surface area contributed by atoms with Crippen LogP contribution in [0.4, 0.5) is 0 Å². The summed E-state index contributed by atoms with van der Waals surface area (Å²) in [5.74, 6) is -0.461. The van der Waals surface area contributed by atoms with Crippen molar-refractivity contribution in [3.63, 3.8) is 0 Å². The topological polar surface area (TPSA) is 105 Å². The number of aromatic carboxylic acids is 1. The summed E-state index contributed by atoms with van der Waals surface area (Å²) in [6.45, 7) is 2.31. The van der Waals surface area contributed by atoms with E-state index in [1.165, 1.54) is 32.4 Å². The maximum Gasteiger partial charge on any atom is 0.335 e. The molecule has 0 amide bonds. The smallest absolute Gasteiger partial charge is 0.335 e. The number of carbonyl (C=O) groups is 1. The van der Waals surface area contributed by atoms with Crippen LogP contribution >= 0.6 is 0 Å². The zero-order valence-corrected chi connectivity index (χ0v) is 20.1. The molecular weight excluding hydrogens is 460 g/mol. The van der Waals surface area contributed by atoms with E-state index in [4.69, 9.17) is 19.3 Å². The first kappa shape index (κ1) is 24.5. The van der Waals surface area contributed by atoms with Crippen LogP contribution in [0.5, 0.6) is 28.7 Å². The van der Waals surface area contributed by atoms with Gasteiger partial charge in [0.2, 0.25) is 0 Å². The highest BCUT2D eigenvalue weighted by Gasteiger charge is 2.22. The van der Waals surface area contributed by atoms with E-state index >= 15 is 0 Å². The molecule has 36 heavy (non-hydrogen) atoms. The van der Waals surface area contributed by atoms with Crippen LogP contribution in [-0.2, 0) is 6.61 Å². The molecule has 0 atom stereocenters. The first-order valence-electron chi connectivity index (χ1n) is 11.2. The zero-order chi connectivity index (χ0) is 25.8. The number of carboxylic acids is 1. The second-order valence-electron chi connectivity index (χ2n) is 8.22. The Kier molecular flexibility index (Phi) is 7.01. The lowest BCUT2D eigenvalue weighted by Crippen LogP contribution is -1.98. The Bertz CT molecular complexity index is 1390. The number of phenols is 2. The lowest BCUT2D eigenvalue weighted by molar-refractivity contribution is 0.0697. The number of aromatic hydroxyl groups is 2. The first-order valence-corrected chi connectivity index (χ1v) is 11.2. The lowest BCUT2D eigenvalue weighted by Gasteiger charge is -2.18. The molecule has 3 N–H and O–H groups in total. The summed E-state index contributed by atoms with van der Waals surface area (Å²) in [5.41, 5.74) is 4.26. The summed E-state index contributed by atoms with van der Waals surface area (Å²) in [4.78, 5) is 11.2. The van der Waals surface area contributed by atoms with Gasteiger partial charge in [0, 0.05) is 5.56 Å². The molecule has 0 aliphatic rings. The van der Waals surface area contributed by atoms with E-state index in [0.29, 0.717) is 40.4 Å². The lowest BCUT2D eigenvalue weighted by atomic mass is 9.95. The predicted octanol–water partition coefficient (Wildman–Crippen LogP) is 6.03. The van der Waals surface area contributed by atoms with Crippen molar-refractivity contribution in [2.24, 2.45) is 0 Å². The van der Waals surface area contributed by atoms with Gasteiger partial charge >= 0.3 is 5.97 Å². The Labute approximate surface area is 208 Å². The van der Waals surface area contributed by atoms with Gasteiger partial charge in [0.05, 0.1) is 25.3 Å². The van der Waals surface area contributed by atoms with Crippen LogP contribution in [0.15, 0.2) is 72.8 Å². The second-order valence-corrected chi connectivity index (χ2v) is 8.22. The third-order valence-electron chi connectivity index (χ3n) is 5.85. The molecule has 0 aromatic heterocycles. The van der Waals surface area contributed by atoms with Crippen molar-refractivity contribution in [3.8, 4) is 51.0 Å². The minimum atomic E-state index is -1.03. The summed E-state index contributed by atoms with van der Waals surface area (Å²) in [7, 11) is 2.90. The molecule has 0 unspecified atom stereocenters. The van der Waals surface area contributed by atoms with Crippen LogP contribution in [0.3, 0.4) is 0 Å². The van der Waals surface area contributed by atoms with Gasteiger partial charge < -0.3 is 29.5 Å². The van der Waals surface area contributed by atoms with Gasteiger partial charge in [-0.25, -0.2) is 4.79 Å². The molecule has 0 saturated heterocycles. The van der Waals surface area contributed by atoms with Crippen molar-refractivity contribution in [1.82, 2.24) is 0 Å². The Balaban J connectivity index is 1.69. The summed E-state index contributed by atoms with van der Waals surface area (Å²) < 4.78 is 16.9. The Morgan fingerprint density at radius 3 is 2.06 bits per heavy atom. The standard InChI is InChI=1S/C29H26O7/c1-17-4-6-18(7-5-17)16-36-24-13-12-21(14-23(24)30)26-25(34-2)15-22(28(35-3)27(26)31)19-8-10-20(11-9-19)29(32)33/h4-15,30-31H,16H2,1-3H3,(H,32,33). The largest absolute Gasteiger partial charge is 0.504 e. The Morgan fingerprint density at radius 1 is 0.806 bits per heavy atom. The van der Waals surface area contributed by atoms with Gasteiger partial charge in [0.1, 0.15) is 12.4 Å². The highest BCUT2D eigenvalue weighted by molar-refractivity contribution is 5.90. The van der Waals surface area contributed by atoms with E-state index in [-0.39, 0.29) is 22.8 Å². The summed E-state index contributed by atoms with van der Waals surface area (Å²) >= 11 is 0. The van der Waals surface area contributed by atoms with Crippen LogP contribution in [0.25, 0.3) is 22.3 Å². The van der Waals surface area contributed by atoms with Gasteiger partial charge in [-0.2, -0.15) is 0 Å². The monoisotopic (exact) mass is 486 g/mol. The van der Waals surface area contributed by atoms with Crippen molar-refractivity contribution in [1.29, 1.82) is 0 Å². The number of carboxylic acid groups (broad SMARTS) is 1. The van der Waals surface area contributed by atoms with E-state index in [9.17, 15) is 15.0 Å². The van der Waals surface area contributed by atoms with Gasteiger partial charge in [0.15, 0.2) is 23.0 Å². The third kappa shape index (κ3) is 4.90. The van der Waals surface area contributed by atoms with Crippen LogP contribution in [0.2, 0.25) is 0 Å². The normalized spacial score (nSPS) is 10.6. The first-order chi connectivity index (χ1) is 17.3. The van der Waals surface area contributed by atoms with Crippen molar-refractivity contribution in [2.75, 3.05) is 14.2 Å². The molecule has 0 bridgehead atoms. The number of methoxy groups -OCH3 is 2. The highest BCUT2D eigenvalue weighted by atomic mass is 16.5. The van der Waals surface area contributed by atoms with E-state index in [0.717, 1.165) is 11.1 Å². The second kappa shape index (κ2) is 10.3. The van der Waals surface area contributed by atoms with Gasteiger partial charge in [-0.3, -0.25) is 0 Å². The van der Waals surface area contributed by atoms with Crippen LogP contribution in [-0.4, -0.2) is 35.5 Å². The molecule has 0 spiro atoms. The fourth-order valence-electron chi connectivity index (χ4n) is 3.92. The van der Waals surface area contributed by atoms with Crippen molar-refractivity contribution >= 4 is 5.97 Å².